The van der Waals surface area contributed by atoms with Crippen molar-refractivity contribution in [1.82, 2.24) is 14.5 Å². The molecule has 1 saturated heterocycles. The molecule has 4 rings (SSSR count). The Labute approximate surface area is 168 Å². The number of carbonyl (C=O) groups excluding carboxylic acids is 1. The molecule has 1 aromatic carbocycles. The van der Waals surface area contributed by atoms with Gasteiger partial charge in [0.05, 0.1) is 17.6 Å². The quantitative estimate of drug-likeness (QED) is 0.796. The fourth-order valence-corrected chi connectivity index (χ4v) is 4.83. The zero-order valence-corrected chi connectivity index (χ0v) is 17.3. The first-order valence-corrected chi connectivity index (χ1v) is 11.3. The van der Waals surface area contributed by atoms with Crippen molar-refractivity contribution in [2.24, 2.45) is 5.92 Å². The van der Waals surface area contributed by atoms with Crippen molar-refractivity contribution >= 4 is 22.6 Å². The maximum Gasteiger partial charge on any atom is 0.227 e. The van der Waals surface area contributed by atoms with Crippen molar-refractivity contribution in [3.05, 3.63) is 24.0 Å². The molecule has 1 amide bonds. The summed E-state index contributed by atoms with van der Waals surface area (Å²) in [6.07, 6.45) is 11.0. The highest BCUT2D eigenvalue weighted by atomic mass is 16.1. The zero-order chi connectivity index (χ0) is 19.3. The molecular formula is C23H34N4O. The van der Waals surface area contributed by atoms with E-state index in [-0.39, 0.29) is 11.8 Å². The van der Waals surface area contributed by atoms with E-state index >= 15 is 0 Å². The average molecular weight is 383 g/mol. The fourth-order valence-electron chi connectivity index (χ4n) is 4.83. The molecule has 1 aliphatic carbocycles. The molecule has 0 radical (unpaired) electrons. The fraction of sp³-hybridized carbons (Fsp3) is 0.652. The third kappa shape index (κ3) is 4.40. The number of hydrogen-bond acceptors (Lipinski definition) is 3. The highest BCUT2D eigenvalue weighted by Gasteiger charge is 2.21. The van der Waals surface area contributed by atoms with Gasteiger partial charge in [0.15, 0.2) is 0 Å². The molecule has 28 heavy (non-hydrogen) atoms. The molecule has 2 heterocycles. The number of hydrogen-bond donors (Lipinski definition) is 1. The van der Waals surface area contributed by atoms with Crippen molar-refractivity contribution in [2.75, 3.05) is 18.4 Å². The average Bonchev–Trinajstić information content (AvgIpc) is 2.87. The van der Waals surface area contributed by atoms with Gasteiger partial charge in [-0.15, -0.1) is 0 Å². The highest BCUT2D eigenvalue weighted by Crippen LogP contribution is 2.26. The largest absolute Gasteiger partial charge is 0.327 e. The van der Waals surface area contributed by atoms with E-state index in [0.29, 0.717) is 0 Å². The Bertz CT molecular complexity index is 798. The topological polar surface area (TPSA) is 50.2 Å². The van der Waals surface area contributed by atoms with Gasteiger partial charge >= 0.3 is 0 Å². The van der Waals surface area contributed by atoms with E-state index in [4.69, 9.17) is 4.98 Å². The number of anilines is 1. The van der Waals surface area contributed by atoms with Crippen LogP contribution in [0.4, 0.5) is 5.69 Å². The smallest absolute Gasteiger partial charge is 0.227 e. The van der Waals surface area contributed by atoms with Crippen LogP contribution >= 0.6 is 0 Å². The van der Waals surface area contributed by atoms with Crippen LogP contribution in [0.25, 0.3) is 11.0 Å². The number of carbonyl (C=O) groups is 1. The Kier molecular flexibility index (Phi) is 6.30. The molecule has 2 aliphatic rings. The van der Waals surface area contributed by atoms with Gasteiger partial charge in [-0.3, -0.25) is 9.69 Å². The summed E-state index contributed by atoms with van der Waals surface area (Å²) in [7, 11) is 0. The molecule has 152 valence electrons. The number of aromatic nitrogens is 2. The first-order valence-electron chi connectivity index (χ1n) is 11.3. The minimum absolute atomic E-state index is 0.177. The van der Waals surface area contributed by atoms with Crippen LogP contribution in [0.5, 0.6) is 0 Å². The monoisotopic (exact) mass is 382 g/mol. The van der Waals surface area contributed by atoms with Crippen LogP contribution in [0, 0.1) is 5.92 Å². The molecule has 5 nitrogen and oxygen atoms in total. The zero-order valence-electron chi connectivity index (χ0n) is 17.3. The van der Waals surface area contributed by atoms with Gasteiger partial charge in [-0.05, 0) is 63.9 Å². The van der Waals surface area contributed by atoms with E-state index in [1.54, 1.807) is 0 Å². The molecular weight excluding hydrogens is 348 g/mol. The normalized spacial score (nSPS) is 19.6. The maximum absolute atomic E-state index is 12.6. The maximum atomic E-state index is 12.6. The van der Waals surface area contributed by atoms with E-state index in [2.05, 4.69) is 27.8 Å². The van der Waals surface area contributed by atoms with E-state index in [0.717, 1.165) is 43.0 Å². The van der Waals surface area contributed by atoms with Crippen LogP contribution in [0.1, 0.15) is 70.5 Å². The number of imidazole rings is 1. The van der Waals surface area contributed by atoms with Gasteiger partial charge < -0.3 is 9.88 Å². The predicted octanol–water partition coefficient (Wildman–Crippen LogP) is 4.95. The van der Waals surface area contributed by atoms with Gasteiger partial charge in [0, 0.05) is 18.2 Å². The molecule has 0 atom stereocenters. The van der Waals surface area contributed by atoms with Gasteiger partial charge in [-0.25, -0.2) is 4.98 Å². The third-order valence-electron chi connectivity index (χ3n) is 6.45. The molecule has 0 unspecified atom stereocenters. The number of nitrogens with one attached hydrogen (secondary N) is 1. The predicted molar refractivity (Wildman–Crippen MR) is 114 cm³/mol. The summed E-state index contributed by atoms with van der Waals surface area (Å²) in [5, 5.41) is 3.14. The lowest BCUT2D eigenvalue weighted by Crippen LogP contribution is -2.25. The number of fused-ring (bicyclic) bond motifs is 1. The van der Waals surface area contributed by atoms with Gasteiger partial charge in [-0.2, -0.15) is 0 Å². The molecule has 0 bridgehead atoms. The lowest BCUT2D eigenvalue weighted by Gasteiger charge is -2.20. The molecule has 1 N–H and O–H groups in total. The first-order chi connectivity index (χ1) is 13.7. The lowest BCUT2D eigenvalue weighted by atomic mass is 9.88. The van der Waals surface area contributed by atoms with Crippen LogP contribution in [0.15, 0.2) is 18.2 Å². The number of likely N-dealkylation sites (tertiary alicyclic amines) is 1. The summed E-state index contributed by atoms with van der Waals surface area (Å²) in [5.74, 6) is 1.50. The SMILES string of the molecule is CCn1c(CN2CCCCCC2)nc2cc(NC(=O)C3CCCCC3)ccc21. The van der Waals surface area contributed by atoms with Crippen LogP contribution in [-0.4, -0.2) is 33.4 Å². The van der Waals surface area contributed by atoms with E-state index in [1.165, 1.54) is 63.6 Å². The van der Waals surface area contributed by atoms with Crippen molar-refractivity contribution < 1.29 is 4.79 Å². The van der Waals surface area contributed by atoms with Crippen LogP contribution in [0.3, 0.4) is 0 Å². The second-order valence-electron chi connectivity index (χ2n) is 8.49. The van der Waals surface area contributed by atoms with Gasteiger partial charge in [-0.1, -0.05) is 32.1 Å². The van der Waals surface area contributed by atoms with Gasteiger partial charge in [0.1, 0.15) is 5.82 Å². The Morgan fingerprint density at radius 2 is 1.79 bits per heavy atom. The molecule has 1 aromatic heterocycles. The summed E-state index contributed by atoms with van der Waals surface area (Å²) in [4.78, 5) is 20.1. The van der Waals surface area contributed by atoms with Crippen molar-refractivity contribution in [2.45, 2.75) is 77.8 Å². The van der Waals surface area contributed by atoms with Gasteiger partial charge in [0.2, 0.25) is 5.91 Å². The van der Waals surface area contributed by atoms with E-state index < -0.39 is 0 Å². The van der Waals surface area contributed by atoms with E-state index in [9.17, 15) is 4.79 Å². The number of benzene rings is 1. The Balaban J connectivity index is 1.51. The van der Waals surface area contributed by atoms with Crippen LogP contribution < -0.4 is 5.32 Å². The first kappa shape index (κ1) is 19.4. The Morgan fingerprint density at radius 3 is 2.50 bits per heavy atom. The van der Waals surface area contributed by atoms with Crippen LogP contribution in [-0.2, 0) is 17.9 Å². The Hall–Kier alpha value is -1.88. The Morgan fingerprint density at radius 1 is 1.07 bits per heavy atom. The van der Waals surface area contributed by atoms with E-state index in [1.807, 2.05) is 12.1 Å². The molecule has 1 saturated carbocycles. The highest BCUT2D eigenvalue weighted by molar-refractivity contribution is 5.94. The second kappa shape index (κ2) is 9.08. The third-order valence-corrected chi connectivity index (χ3v) is 6.45. The molecule has 0 spiro atoms. The molecule has 5 heteroatoms. The van der Waals surface area contributed by atoms with Crippen LogP contribution in [0.2, 0.25) is 0 Å². The number of rotatable bonds is 5. The second-order valence-corrected chi connectivity index (χ2v) is 8.49. The summed E-state index contributed by atoms with van der Waals surface area (Å²) >= 11 is 0. The lowest BCUT2D eigenvalue weighted by molar-refractivity contribution is -0.120. The number of nitrogens with zero attached hydrogens (tertiary/aromatic N) is 3. The summed E-state index contributed by atoms with van der Waals surface area (Å²) in [6.45, 7) is 6.39. The van der Waals surface area contributed by atoms with Gasteiger partial charge in [0.25, 0.3) is 0 Å². The number of aryl methyl sites for hydroxylation is 1. The molecule has 2 fully saturated rings. The molecule has 1 aliphatic heterocycles. The van der Waals surface area contributed by atoms with Crippen molar-refractivity contribution in [3.63, 3.8) is 0 Å². The molecule has 2 aromatic rings. The van der Waals surface area contributed by atoms with Crippen molar-refractivity contribution in [1.29, 1.82) is 0 Å². The van der Waals surface area contributed by atoms with Crippen molar-refractivity contribution in [3.8, 4) is 0 Å². The summed E-state index contributed by atoms with van der Waals surface area (Å²) in [5.41, 5.74) is 3.04. The standard InChI is InChI=1S/C23H34N4O/c1-2-27-21-13-12-19(24-23(28)18-10-6-5-7-11-18)16-20(21)25-22(27)17-26-14-8-3-4-9-15-26/h12-13,16,18H,2-11,14-15,17H2,1H3,(H,24,28). The number of amides is 1. The minimum Gasteiger partial charge on any atom is -0.327 e. The summed E-state index contributed by atoms with van der Waals surface area (Å²) < 4.78 is 2.33. The summed E-state index contributed by atoms with van der Waals surface area (Å²) in [6, 6.07) is 6.20. The minimum atomic E-state index is 0.177.